The molecule has 26 heavy (non-hydrogen) atoms. The summed E-state index contributed by atoms with van der Waals surface area (Å²) in [6.07, 6.45) is 4.75. The van der Waals surface area contributed by atoms with Gasteiger partial charge in [0.2, 0.25) is 20.0 Å². The largest absolute Gasteiger partial charge is 0.326 e. The molecule has 0 spiro atoms. The number of hydrogen-bond acceptors (Lipinski definition) is 5. The monoisotopic (exact) mass is 423 g/mol. The summed E-state index contributed by atoms with van der Waals surface area (Å²) in [6, 6.07) is 5.34. The molecule has 1 saturated heterocycles. The van der Waals surface area contributed by atoms with Gasteiger partial charge in [0.1, 0.15) is 0 Å². The number of halogens is 1. The van der Waals surface area contributed by atoms with Gasteiger partial charge in [-0.05, 0) is 49.8 Å². The second-order valence-electron chi connectivity index (χ2n) is 6.79. The quantitative estimate of drug-likeness (QED) is 0.686. The van der Waals surface area contributed by atoms with Crippen molar-refractivity contribution >= 4 is 32.5 Å². The zero-order valence-electron chi connectivity index (χ0n) is 14.5. The Balaban J connectivity index is 0.00000243. The van der Waals surface area contributed by atoms with Gasteiger partial charge in [0.15, 0.2) is 0 Å². The summed E-state index contributed by atoms with van der Waals surface area (Å²) in [5.74, 6) is 0.383. The van der Waals surface area contributed by atoms with Crippen LogP contribution in [0.1, 0.15) is 32.1 Å². The average molecular weight is 424 g/mol. The van der Waals surface area contributed by atoms with E-state index in [4.69, 9.17) is 5.73 Å². The molecule has 0 aromatic heterocycles. The minimum Gasteiger partial charge on any atom is -0.326 e. The molecule has 1 unspecified atom stereocenters. The number of rotatable bonds is 7. The Morgan fingerprint density at radius 3 is 2.31 bits per heavy atom. The fraction of sp³-hybridized carbons (Fsp3) is 0.625. The number of sulfonamides is 2. The van der Waals surface area contributed by atoms with Crippen molar-refractivity contribution in [1.82, 2.24) is 9.03 Å². The number of nitrogens with two attached hydrogens (primary N) is 1. The standard InChI is InChI=1S/C16H25N3O4S2.ClH/c17-16(13-7-8-13)12-18-24(20,21)14-5-4-6-15(11-14)25(22,23)19-9-2-1-3-10-19;/h4-6,11,13,16,18H,1-3,7-10,12,17H2;1H. The van der Waals surface area contributed by atoms with E-state index in [0.717, 1.165) is 32.1 Å². The van der Waals surface area contributed by atoms with Gasteiger partial charge in [0.25, 0.3) is 0 Å². The van der Waals surface area contributed by atoms with Crippen LogP contribution >= 0.6 is 12.4 Å². The van der Waals surface area contributed by atoms with Gasteiger partial charge in [0.05, 0.1) is 9.79 Å². The Bertz CT molecular complexity index is 820. The van der Waals surface area contributed by atoms with Gasteiger partial charge < -0.3 is 5.73 Å². The van der Waals surface area contributed by atoms with Crippen LogP contribution in [0.2, 0.25) is 0 Å². The lowest BCUT2D eigenvalue weighted by atomic mass is 10.2. The number of nitrogens with zero attached hydrogens (tertiary/aromatic N) is 1. The molecule has 1 aliphatic heterocycles. The van der Waals surface area contributed by atoms with Crippen molar-refractivity contribution in [3.8, 4) is 0 Å². The third-order valence-electron chi connectivity index (χ3n) is 4.81. The highest BCUT2D eigenvalue weighted by Crippen LogP contribution is 2.31. The van der Waals surface area contributed by atoms with Crippen molar-refractivity contribution < 1.29 is 16.8 Å². The molecule has 0 radical (unpaired) electrons. The molecule has 2 fully saturated rings. The van der Waals surface area contributed by atoms with Crippen LogP contribution in [0.15, 0.2) is 34.1 Å². The van der Waals surface area contributed by atoms with Crippen molar-refractivity contribution in [2.45, 2.75) is 47.9 Å². The first-order valence-electron chi connectivity index (χ1n) is 8.66. The van der Waals surface area contributed by atoms with Gasteiger partial charge in [0, 0.05) is 25.7 Å². The van der Waals surface area contributed by atoms with Crippen molar-refractivity contribution in [1.29, 1.82) is 0 Å². The molecule has 1 atom stereocenters. The first-order chi connectivity index (χ1) is 11.8. The summed E-state index contributed by atoms with van der Waals surface area (Å²) in [6.45, 7) is 1.12. The van der Waals surface area contributed by atoms with Gasteiger partial charge in [-0.25, -0.2) is 21.6 Å². The second kappa shape index (κ2) is 8.53. The molecule has 148 valence electrons. The molecule has 1 aromatic carbocycles. The van der Waals surface area contributed by atoms with E-state index in [2.05, 4.69) is 4.72 Å². The highest BCUT2D eigenvalue weighted by Gasteiger charge is 2.30. The van der Waals surface area contributed by atoms with Crippen LogP contribution < -0.4 is 10.5 Å². The fourth-order valence-electron chi connectivity index (χ4n) is 3.04. The Morgan fingerprint density at radius 2 is 1.69 bits per heavy atom. The minimum atomic E-state index is -3.79. The molecular formula is C16H26ClN3O4S2. The van der Waals surface area contributed by atoms with Crippen molar-refractivity contribution in [3.05, 3.63) is 24.3 Å². The Kier molecular flexibility index (Phi) is 7.09. The van der Waals surface area contributed by atoms with E-state index in [9.17, 15) is 16.8 Å². The molecule has 1 saturated carbocycles. The summed E-state index contributed by atoms with van der Waals surface area (Å²) in [5.41, 5.74) is 5.93. The number of hydrogen-bond donors (Lipinski definition) is 2. The van der Waals surface area contributed by atoms with Gasteiger partial charge >= 0.3 is 0 Å². The summed E-state index contributed by atoms with van der Waals surface area (Å²) >= 11 is 0. The maximum absolute atomic E-state index is 12.7. The predicted molar refractivity (Wildman–Crippen MR) is 102 cm³/mol. The lowest BCUT2D eigenvalue weighted by Crippen LogP contribution is -2.38. The van der Waals surface area contributed by atoms with Gasteiger partial charge in [-0.1, -0.05) is 12.5 Å². The molecule has 10 heteroatoms. The summed E-state index contributed by atoms with van der Waals surface area (Å²) < 4.78 is 54.3. The zero-order chi connectivity index (χ0) is 18.1. The molecule has 2 aliphatic rings. The lowest BCUT2D eigenvalue weighted by molar-refractivity contribution is 0.346. The van der Waals surface area contributed by atoms with E-state index < -0.39 is 20.0 Å². The first-order valence-corrected chi connectivity index (χ1v) is 11.6. The Labute approximate surface area is 161 Å². The maximum Gasteiger partial charge on any atom is 0.243 e. The van der Waals surface area contributed by atoms with Gasteiger partial charge in [-0.2, -0.15) is 4.31 Å². The smallest absolute Gasteiger partial charge is 0.243 e. The third kappa shape index (κ3) is 4.96. The fourth-order valence-corrected chi connectivity index (χ4v) is 5.79. The summed E-state index contributed by atoms with van der Waals surface area (Å²) in [7, 11) is -7.45. The van der Waals surface area contributed by atoms with Crippen molar-refractivity contribution in [2.24, 2.45) is 11.7 Å². The van der Waals surface area contributed by atoms with Crippen LogP contribution in [0.25, 0.3) is 0 Å². The van der Waals surface area contributed by atoms with Crippen molar-refractivity contribution in [3.63, 3.8) is 0 Å². The average Bonchev–Trinajstić information content (AvgIpc) is 3.46. The highest BCUT2D eigenvalue weighted by atomic mass is 35.5. The highest BCUT2D eigenvalue weighted by molar-refractivity contribution is 7.90. The first kappa shape index (κ1) is 21.6. The Morgan fingerprint density at radius 1 is 1.08 bits per heavy atom. The van der Waals surface area contributed by atoms with E-state index in [-0.39, 0.29) is 34.8 Å². The second-order valence-corrected chi connectivity index (χ2v) is 10.5. The molecule has 0 amide bonds. The molecule has 1 aliphatic carbocycles. The van der Waals surface area contributed by atoms with Crippen molar-refractivity contribution in [2.75, 3.05) is 19.6 Å². The van der Waals surface area contributed by atoms with Gasteiger partial charge in [-0.15, -0.1) is 12.4 Å². The predicted octanol–water partition coefficient (Wildman–Crippen LogP) is 1.30. The lowest BCUT2D eigenvalue weighted by Gasteiger charge is -2.26. The van der Waals surface area contributed by atoms with Crippen LogP contribution in [0.5, 0.6) is 0 Å². The topological polar surface area (TPSA) is 110 Å². The molecule has 3 N–H and O–H groups in total. The molecular weight excluding hydrogens is 398 g/mol. The van der Waals surface area contributed by atoms with E-state index in [1.807, 2.05) is 0 Å². The zero-order valence-corrected chi connectivity index (χ0v) is 17.0. The minimum absolute atomic E-state index is 0. The van der Waals surface area contributed by atoms with E-state index >= 15 is 0 Å². The van der Waals surface area contributed by atoms with Crippen LogP contribution in [-0.2, 0) is 20.0 Å². The molecule has 1 aromatic rings. The van der Waals surface area contributed by atoms with Crippen LogP contribution in [0, 0.1) is 5.92 Å². The third-order valence-corrected chi connectivity index (χ3v) is 8.12. The van der Waals surface area contributed by atoms with Crippen LogP contribution in [0.4, 0.5) is 0 Å². The maximum atomic E-state index is 12.7. The van der Waals surface area contributed by atoms with E-state index in [1.165, 1.54) is 28.6 Å². The number of benzene rings is 1. The molecule has 1 heterocycles. The SMILES string of the molecule is Cl.NC(CNS(=O)(=O)c1cccc(S(=O)(=O)N2CCCCC2)c1)C1CC1. The van der Waals surface area contributed by atoms with Crippen LogP contribution in [-0.4, -0.2) is 46.8 Å². The molecule has 0 bridgehead atoms. The van der Waals surface area contributed by atoms with Crippen LogP contribution in [0.3, 0.4) is 0 Å². The summed E-state index contributed by atoms with van der Waals surface area (Å²) in [4.78, 5) is -0.0302. The normalized spacial score (nSPS) is 20.3. The molecule has 3 rings (SSSR count). The van der Waals surface area contributed by atoms with E-state index in [0.29, 0.717) is 19.0 Å². The molecule has 7 nitrogen and oxygen atoms in total. The van der Waals surface area contributed by atoms with Gasteiger partial charge in [-0.3, -0.25) is 0 Å². The number of nitrogens with one attached hydrogen (secondary N) is 1. The Hall–Kier alpha value is -0.710. The number of piperidine rings is 1. The summed E-state index contributed by atoms with van der Waals surface area (Å²) in [5, 5.41) is 0. The van der Waals surface area contributed by atoms with E-state index in [1.54, 1.807) is 0 Å².